The zero-order valence-corrected chi connectivity index (χ0v) is 11.3. The van der Waals surface area contributed by atoms with Crippen molar-refractivity contribution in [1.29, 1.82) is 0 Å². The number of halogens is 3. The second kappa shape index (κ2) is 6.17. The third-order valence-corrected chi connectivity index (χ3v) is 3.86. The molecule has 0 unspecified atom stereocenters. The summed E-state index contributed by atoms with van der Waals surface area (Å²) in [5.41, 5.74) is 0.901. The smallest absolute Gasteiger partial charge is 0.150 e. The molecule has 0 aliphatic carbocycles. The molecular formula is C14H9ClF2OS. The van der Waals surface area contributed by atoms with E-state index in [2.05, 4.69) is 0 Å². The lowest BCUT2D eigenvalue weighted by atomic mass is 10.2. The Labute approximate surface area is 118 Å². The highest BCUT2D eigenvalue weighted by Crippen LogP contribution is 2.29. The van der Waals surface area contributed by atoms with Crippen LogP contribution in [0.1, 0.15) is 15.9 Å². The van der Waals surface area contributed by atoms with Crippen LogP contribution in [0.2, 0.25) is 5.02 Å². The predicted octanol–water partition coefficient (Wildman–Crippen LogP) is 4.72. The van der Waals surface area contributed by atoms with Gasteiger partial charge in [-0.15, -0.1) is 11.8 Å². The molecule has 0 amide bonds. The molecule has 0 aliphatic rings. The zero-order valence-electron chi connectivity index (χ0n) is 9.70. The molecule has 2 aromatic carbocycles. The minimum absolute atomic E-state index is 0.00848. The monoisotopic (exact) mass is 298 g/mol. The molecule has 0 heterocycles. The molecule has 0 aliphatic heterocycles. The molecule has 0 saturated heterocycles. The summed E-state index contributed by atoms with van der Waals surface area (Å²) in [6.45, 7) is 0. The maximum Gasteiger partial charge on any atom is 0.150 e. The van der Waals surface area contributed by atoms with Gasteiger partial charge in [0, 0.05) is 16.3 Å². The van der Waals surface area contributed by atoms with Crippen molar-refractivity contribution in [3.05, 3.63) is 64.2 Å². The van der Waals surface area contributed by atoms with Gasteiger partial charge in [-0.3, -0.25) is 4.79 Å². The van der Waals surface area contributed by atoms with E-state index in [9.17, 15) is 13.6 Å². The zero-order chi connectivity index (χ0) is 13.8. The Bertz CT molecular complexity index is 576. The van der Waals surface area contributed by atoms with Crippen LogP contribution in [-0.2, 0) is 5.75 Å². The molecule has 0 spiro atoms. The molecule has 0 aromatic heterocycles. The van der Waals surface area contributed by atoms with E-state index in [1.807, 2.05) is 0 Å². The Hall–Kier alpha value is -1.39. The highest BCUT2D eigenvalue weighted by atomic mass is 35.5. The highest BCUT2D eigenvalue weighted by Gasteiger charge is 2.11. The Kier molecular flexibility index (Phi) is 4.56. The quantitative estimate of drug-likeness (QED) is 0.600. The van der Waals surface area contributed by atoms with Crippen molar-refractivity contribution in [2.75, 3.05) is 0 Å². The maximum atomic E-state index is 13.6. The number of carbonyl (C=O) groups is 1. The van der Waals surface area contributed by atoms with Crippen molar-refractivity contribution >= 4 is 29.6 Å². The fourth-order valence-electron chi connectivity index (χ4n) is 1.52. The van der Waals surface area contributed by atoms with Crippen molar-refractivity contribution in [2.45, 2.75) is 10.6 Å². The fourth-order valence-corrected chi connectivity index (χ4v) is 2.54. The Morgan fingerprint density at radius 2 is 1.68 bits per heavy atom. The van der Waals surface area contributed by atoms with Crippen LogP contribution in [0.15, 0.2) is 41.3 Å². The molecule has 2 rings (SSSR count). The number of carbonyl (C=O) groups excluding carboxylic acids is 1. The number of thioether (sulfide) groups is 1. The number of aldehydes is 1. The Balaban J connectivity index is 2.15. The molecule has 0 fully saturated rings. The van der Waals surface area contributed by atoms with Gasteiger partial charge >= 0.3 is 0 Å². The van der Waals surface area contributed by atoms with Crippen molar-refractivity contribution in [2.24, 2.45) is 0 Å². The molecule has 1 nitrogen and oxygen atoms in total. The molecule has 98 valence electrons. The summed E-state index contributed by atoms with van der Waals surface area (Å²) in [7, 11) is 0. The molecule has 2 aromatic rings. The maximum absolute atomic E-state index is 13.6. The first-order chi connectivity index (χ1) is 9.10. The average molecular weight is 299 g/mol. The van der Waals surface area contributed by atoms with E-state index in [1.54, 1.807) is 24.3 Å². The first kappa shape index (κ1) is 14.0. The van der Waals surface area contributed by atoms with Gasteiger partial charge in [0.1, 0.15) is 17.9 Å². The lowest BCUT2D eigenvalue weighted by molar-refractivity contribution is 0.112. The Morgan fingerprint density at radius 1 is 1.11 bits per heavy atom. The van der Waals surface area contributed by atoms with Crippen LogP contribution < -0.4 is 0 Å². The summed E-state index contributed by atoms with van der Waals surface area (Å²) in [6.07, 6.45) is 0.416. The van der Waals surface area contributed by atoms with Gasteiger partial charge in [-0.1, -0.05) is 23.7 Å². The summed E-state index contributed by atoms with van der Waals surface area (Å²) in [5, 5.41) is 0.612. The van der Waals surface area contributed by atoms with E-state index in [1.165, 1.54) is 0 Å². The second-order valence-corrected chi connectivity index (χ2v) is 5.27. The van der Waals surface area contributed by atoms with Gasteiger partial charge in [0.2, 0.25) is 0 Å². The van der Waals surface area contributed by atoms with Crippen LogP contribution in [-0.4, -0.2) is 6.29 Å². The largest absolute Gasteiger partial charge is 0.298 e. The third-order valence-electron chi connectivity index (χ3n) is 2.45. The first-order valence-corrected chi connectivity index (χ1v) is 6.78. The SMILES string of the molecule is O=Cc1cc(F)c(SCc2ccc(Cl)cc2)c(F)c1. The van der Waals surface area contributed by atoms with E-state index in [-0.39, 0.29) is 10.5 Å². The summed E-state index contributed by atoms with van der Waals surface area (Å²) in [5.74, 6) is -1.02. The van der Waals surface area contributed by atoms with Gasteiger partial charge in [-0.2, -0.15) is 0 Å². The molecule has 0 N–H and O–H groups in total. The van der Waals surface area contributed by atoms with Crippen molar-refractivity contribution < 1.29 is 13.6 Å². The van der Waals surface area contributed by atoms with Gasteiger partial charge in [-0.25, -0.2) is 8.78 Å². The molecule has 0 atom stereocenters. The standard InChI is InChI=1S/C14H9ClF2OS/c15-11-3-1-9(2-4-11)8-19-14-12(16)5-10(7-18)6-13(14)17/h1-7H,8H2. The summed E-state index contributed by atoms with van der Waals surface area (Å²) >= 11 is 6.80. The van der Waals surface area contributed by atoms with Crippen LogP contribution in [0, 0.1) is 11.6 Å². The normalized spacial score (nSPS) is 10.5. The van der Waals surface area contributed by atoms with E-state index in [4.69, 9.17) is 11.6 Å². The number of benzene rings is 2. The summed E-state index contributed by atoms with van der Waals surface area (Å²) in [4.78, 5) is 10.4. The molecule has 0 radical (unpaired) electrons. The van der Waals surface area contributed by atoms with Gasteiger partial charge in [0.05, 0.1) is 4.90 Å². The van der Waals surface area contributed by atoms with E-state index in [0.717, 1.165) is 29.5 Å². The highest BCUT2D eigenvalue weighted by molar-refractivity contribution is 7.98. The average Bonchev–Trinajstić information content (AvgIpc) is 2.39. The lowest BCUT2D eigenvalue weighted by Gasteiger charge is -2.06. The molecule has 19 heavy (non-hydrogen) atoms. The summed E-state index contributed by atoms with van der Waals surface area (Å²) in [6, 6.07) is 9.09. The van der Waals surface area contributed by atoms with E-state index >= 15 is 0 Å². The minimum atomic E-state index is -0.721. The number of hydrogen-bond acceptors (Lipinski definition) is 2. The topological polar surface area (TPSA) is 17.1 Å². The van der Waals surface area contributed by atoms with Crippen LogP contribution in [0.5, 0.6) is 0 Å². The predicted molar refractivity (Wildman–Crippen MR) is 72.8 cm³/mol. The van der Waals surface area contributed by atoms with E-state index in [0.29, 0.717) is 17.1 Å². The van der Waals surface area contributed by atoms with Crippen molar-refractivity contribution in [3.63, 3.8) is 0 Å². The third kappa shape index (κ3) is 3.55. The van der Waals surface area contributed by atoms with Crippen LogP contribution in [0.25, 0.3) is 0 Å². The summed E-state index contributed by atoms with van der Waals surface area (Å²) < 4.78 is 27.2. The second-order valence-electron chi connectivity index (χ2n) is 3.85. The van der Waals surface area contributed by atoms with Gasteiger partial charge in [0.15, 0.2) is 0 Å². The van der Waals surface area contributed by atoms with Gasteiger partial charge in [0.25, 0.3) is 0 Å². The van der Waals surface area contributed by atoms with Crippen LogP contribution >= 0.6 is 23.4 Å². The van der Waals surface area contributed by atoms with Crippen LogP contribution in [0.3, 0.4) is 0 Å². The fraction of sp³-hybridized carbons (Fsp3) is 0.0714. The lowest BCUT2D eigenvalue weighted by Crippen LogP contribution is -1.92. The Morgan fingerprint density at radius 3 is 2.21 bits per heavy atom. The number of hydrogen-bond donors (Lipinski definition) is 0. The molecule has 0 bridgehead atoms. The minimum Gasteiger partial charge on any atom is -0.298 e. The first-order valence-electron chi connectivity index (χ1n) is 5.41. The van der Waals surface area contributed by atoms with Gasteiger partial charge < -0.3 is 0 Å². The van der Waals surface area contributed by atoms with Crippen molar-refractivity contribution in [1.82, 2.24) is 0 Å². The van der Waals surface area contributed by atoms with Crippen molar-refractivity contribution in [3.8, 4) is 0 Å². The molecule has 0 saturated carbocycles. The van der Waals surface area contributed by atoms with Crippen LogP contribution in [0.4, 0.5) is 8.78 Å². The molecule has 5 heteroatoms. The van der Waals surface area contributed by atoms with E-state index < -0.39 is 11.6 Å². The van der Waals surface area contributed by atoms with Gasteiger partial charge in [-0.05, 0) is 29.8 Å². The number of rotatable bonds is 4. The molecular weight excluding hydrogens is 290 g/mol.